The molecule has 0 aliphatic rings. The number of aryl methyl sites for hydroxylation is 1. The van der Waals surface area contributed by atoms with Gasteiger partial charge in [-0.25, -0.2) is 0 Å². The summed E-state index contributed by atoms with van der Waals surface area (Å²) in [5.74, 6) is 0.0335. The molecule has 1 aromatic heterocycles. The van der Waals surface area contributed by atoms with Crippen molar-refractivity contribution in [2.24, 2.45) is 12.8 Å². The van der Waals surface area contributed by atoms with Crippen molar-refractivity contribution in [2.45, 2.75) is 25.8 Å². The third-order valence-electron chi connectivity index (χ3n) is 2.13. The quantitative estimate of drug-likeness (QED) is 0.834. The predicted molar refractivity (Wildman–Crippen MR) is 58.1 cm³/mol. The number of rotatable bonds is 4. The molecule has 0 spiro atoms. The first-order chi connectivity index (χ1) is 6.56. The molecule has 14 heavy (non-hydrogen) atoms. The van der Waals surface area contributed by atoms with E-state index >= 15 is 0 Å². The Hall–Kier alpha value is -0.680. The molecule has 0 fully saturated rings. The van der Waals surface area contributed by atoms with E-state index in [0.29, 0.717) is 12.1 Å². The number of ketones is 1. The number of hydrogen-bond donors (Lipinski definition) is 1. The molecule has 2 N–H and O–H groups in total. The van der Waals surface area contributed by atoms with Gasteiger partial charge in [0.2, 0.25) is 0 Å². The molecule has 0 saturated carbocycles. The summed E-state index contributed by atoms with van der Waals surface area (Å²) < 4.78 is 2.29. The maximum absolute atomic E-state index is 11.7. The lowest BCUT2D eigenvalue weighted by molar-refractivity contribution is 0.0964. The molecule has 1 aromatic rings. The molecule has 1 rings (SSSR count). The Balaban J connectivity index is 2.79. The van der Waals surface area contributed by atoms with Gasteiger partial charge in [-0.1, -0.05) is 6.92 Å². The monoisotopic (exact) mass is 259 g/mol. The van der Waals surface area contributed by atoms with Gasteiger partial charge in [-0.05, 0) is 22.4 Å². The first kappa shape index (κ1) is 11.4. The lowest BCUT2D eigenvalue weighted by Crippen LogP contribution is -2.24. The number of aromatic nitrogens is 2. The average molecular weight is 260 g/mol. The molecule has 1 heterocycles. The Morgan fingerprint density at radius 3 is 2.86 bits per heavy atom. The Bertz CT molecular complexity index is 315. The number of nitrogens with zero attached hydrogens (tertiary/aromatic N) is 2. The second kappa shape index (κ2) is 4.70. The van der Waals surface area contributed by atoms with Crippen molar-refractivity contribution in [1.82, 2.24) is 9.78 Å². The van der Waals surface area contributed by atoms with E-state index in [9.17, 15) is 4.79 Å². The standard InChI is InChI=1S/C9H14BrN3O/c1-3-6(11)4-8(14)9-7(10)5-12-13(9)2/h5-6H,3-4,11H2,1-2H3. The van der Waals surface area contributed by atoms with Crippen molar-refractivity contribution in [3.05, 3.63) is 16.4 Å². The fraction of sp³-hybridized carbons (Fsp3) is 0.556. The first-order valence-corrected chi connectivity index (χ1v) is 5.31. The Labute approximate surface area is 91.6 Å². The van der Waals surface area contributed by atoms with E-state index in [-0.39, 0.29) is 11.8 Å². The Morgan fingerprint density at radius 2 is 2.43 bits per heavy atom. The number of hydrogen-bond acceptors (Lipinski definition) is 3. The minimum atomic E-state index is -0.0655. The largest absolute Gasteiger partial charge is 0.327 e. The number of carbonyl (C=O) groups excluding carboxylic acids is 1. The van der Waals surface area contributed by atoms with Crippen LogP contribution in [0.15, 0.2) is 10.7 Å². The van der Waals surface area contributed by atoms with E-state index < -0.39 is 0 Å². The Kier molecular flexibility index (Phi) is 3.83. The van der Waals surface area contributed by atoms with E-state index in [1.54, 1.807) is 17.9 Å². The average Bonchev–Trinajstić information content (AvgIpc) is 2.46. The molecular weight excluding hydrogens is 246 g/mol. The lowest BCUT2D eigenvalue weighted by Gasteiger charge is -2.07. The SMILES string of the molecule is CCC(N)CC(=O)c1c(Br)cnn1C. The zero-order chi connectivity index (χ0) is 10.7. The summed E-state index contributed by atoms with van der Waals surface area (Å²) in [6.07, 6.45) is 2.79. The molecule has 0 aliphatic carbocycles. The summed E-state index contributed by atoms with van der Waals surface area (Å²) in [5, 5.41) is 3.98. The van der Waals surface area contributed by atoms with E-state index in [4.69, 9.17) is 5.73 Å². The highest BCUT2D eigenvalue weighted by Gasteiger charge is 2.17. The summed E-state index contributed by atoms with van der Waals surface area (Å²) in [6.45, 7) is 1.97. The molecule has 0 aromatic carbocycles. The van der Waals surface area contributed by atoms with Crippen LogP contribution in [0.2, 0.25) is 0 Å². The van der Waals surface area contributed by atoms with E-state index in [2.05, 4.69) is 21.0 Å². The van der Waals surface area contributed by atoms with Crippen molar-refractivity contribution in [3.63, 3.8) is 0 Å². The summed E-state index contributed by atoms with van der Waals surface area (Å²) in [4.78, 5) is 11.7. The maximum Gasteiger partial charge on any atom is 0.183 e. The van der Waals surface area contributed by atoms with Gasteiger partial charge in [0, 0.05) is 19.5 Å². The first-order valence-electron chi connectivity index (χ1n) is 4.52. The van der Waals surface area contributed by atoms with Gasteiger partial charge in [0.25, 0.3) is 0 Å². The third kappa shape index (κ3) is 2.42. The Morgan fingerprint density at radius 1 is 1.79 bits per heavy atom. The highest BCUT2D eigenvalue weighted by molar-refractivity contribution is 9.10. The normalized spacial score (nSPS) is 12.9. The van der Waals surface area contributed by atoms with Crippen LogP contribution in [0.3, 0.4) is 0 Å². The number of halogens is 1. The summed E-state index contributed by atoms with van der Waals surface area (Å²) in [7, 11) is 1.75. The van der Waals surface area contributed by atoms with Crippen molar-refractivity contribution in [1.29, 1.82) is 0 Å². The van der Waals surface area contributed by atoms with Crippen LogP contribution in [0.1, 0.15) is 30.3 Å². The van der Waals surface area contributed by atoms with Crippen LogP contribution in [0.25, 0.3) is 0 Å². The lowest BCUT2D eigenvalue weighted by atomic mass is 10.1. The fourth-order valence-corrected chi connectivity index (χ4v) is 1.77. The zero-order valence-corrected chi connectivity index (χ0v) is 9.91. The molecule has 0 saturated heterocycles. The molecular formula is C9H14BrN3O. The fourth-order valence-electron chi connectivity index (χ4n) is 1.20. The van der Waals surface area contributed by atoms with Crippen molar-refractivity contribution in [3.8, 4) is 0 Å². The van der Waals surface area contributed by atoms with Gasteiger partial charge in [0.15, 0.2) is 5.78 Å². The molecule has 1 unspecified atom stereocenters. The molecule has 1 atom stereocenters. The summed E-state index contributed by atoms with van der Waals surface area (Å²) in [5.41, 5.74) is 6.31. The molecule has 4 nitrogen and oxygen atoms in total. The van der Waals surface area contributed by atoms with Gasteiger partial charge in [0.1, 0.15) is 5.69 Å². The van der Waals surface area contributed by atoms with Crippen molar-refractivity contribution >= 4 is 21.7 Å². The van der Waals surface area contributed by atoms with Gasteiger partial charge < -0.3 is 5.73 Å². The van der Waals surface area contributed by atoms with Crippen LogP contribution < -0.4 is 5.73 Å². The van der Waals surface area contributed by atoms with Crippen LogP contribution in [0, 0.1) is 0 Å². The molecule has 0 radical (unpaired) electrons. The smallest absolute Gasteiger partial charge is 0.183 e. The van der Waals surface area contributed by atoms with Crippen molar-refractivity contribution in [2.75, 3.05) is 0 Å². The van der Waals surface area contributed by atoms with Crippen LogP contribution in [0.4, 0.5) is 0 Å². The minimum absolute atomic E-state index is 0.0335. The van der Waals surface area contributed by atoms with E-state index in [0.717, 1.165) is 10.9 Å². The van der Waals surface area contributed by atoms with Crippen LogP contribution >= 0.6 is 15.9 Å². The minimum Gasteiger partial charge on any atom is -0.327 e. The second-order valence-electron chi connectivity index (χ2n) is 3.26. The second-order valence-corrected chi connectivity index (χ2v) is 4.11. The highest BCUT2D eigenvalue weighted by atomic mass is 79.9. The van der Waals surface area contributed by atoms with Gasteiger partial charge in [-0.15, -0.1) is 0 Å². The van der Waals surface area contributed by atoms with E-state index in [1.807, 2.05) is 6.92 Å². The number of Topliss-reactive ketones (excluding diaryl/α,β-unsaturated/α-hetero) is 1. The topological polar surface area (TPSA) is 60.9 Å². The number of carbonyl (C=O) groups is 1. The molecule has 5 heteroatoms. The third-order valence-corrected chi connectivity index (χ3v) is 2.71. The summed E-state index contributed by atoms with van der Waals surface area (Å²) in [6, 6.07) is -0.0655. The highest BCUT2D eigenvalue weighted by Crippen LogP contribution is 2.17. The van der Waals surface area contributed by atoms with Crippen molar-refractivity contribution < 1.29 is 4.79 Å². The van der Waals surface area contributed by atoms with E-state index in [1.165, 1.54) is 0 Å². The van der Waals surface area contributed by atoms with Gasteiger partial charge in [0.05, 0.1) is 10.7 Å². The molecule has 0 amide bonds. The molecule has 0 aliphatic heterocycles. The van der Waals surface area contributed by atoms with Gasteiger partial charge in [-0.2, -0.15) is 5.10 Å². The van der Waals surface area contributed by atoms with Gasteiger partial charge in [-0.3, -0.25) is 9.48 Å². The maximum atomic E-state index is 11.7. The molecule has 78 valence electrons. The number of nitrogens with two attached hydrogens (primary N) is 1. The van der Waals surface area contributed by atoms with Gasteiger partial charge >= 0.3 is 0 Å². The van der Waals surface area contributed by atoms with Crippen LogP contribution in [0.5, 0.6) is 0 Å². The zero-order valence-electron chi connectivity index (χ0n) is 8.33. The van der Waals surface area contributed by atoms with Crippen LogP contribution in [-0.4, -0.2) is 21.6 Å². The van der Waals surface area contributed by atoms with Crippen LogP contribution in [-0.2, 0) is 7.05 Å². The summed E-state index contributed by atoms with van der Waals surface area (Å²) >= 11 is 3.28. The molecule has 0 bridgehead atoms. The predicted octanol–water partition coefficient (Wildman–Crippen LogP) is 1.49.